The summed E-state index contributed by atoms with van der Waals surface area (Å²) in [5.41, 5.74) is 2.14. The molecule has 2 aromatic heterocycles. The Bertz CT molecular complexity index is 1060. The van der Waals surface area contributed by atoms with Gasteiger partial charge in [-0.25, -0.2) is 0 Å². The van der Waals surface area contributed by atoms with Gasteiger partial charge in [-0.05, 0) is 47.3 Å². The molecule has 1 amide bonds. The van der Waals surface area contributed by atoms with Crippen LogP contribution in [0, 0.1) is 0 Å². The molecule has 0 unspecified atom stereocenters. The molecule has 26 heavy (non-hydrogen) atoms. The van der Waals surface area contributed by atoms with Gasteiger partial charge in [-0.1, -0.05) is 30.3 Å². The average molecular weight is 362 g/mol. The Kier molecular flexibility index (Phi) is 4.46. The number of fused-ring (bicyclic) bond motifs is 1. The van der Waals surface area contributed by atoms with Crippen molar-refractivity contribution in [3.8, 4) is 10.8 Å². The molecule has 0 aliphatic heterocycles. The Labute approximate surface area is 155 Å². The van der Waals surface area contributed by atoms with Crippen LogP contribution >= 0.6 is 11.3 Å². The Balaban J connectivity index is 1.49. The highest BCUT2D eigenvalue weighted by Gasteiger charge is 2.11. The lowest BCUT2D eigenvalue weighted by atomic mass is 10.2. The predicted molar refractivity (Wildman–Crippen MR) is 105 cm³/mol. The van der Waals surface area contributed by atoms with E-state index in [1.807, 2.05) is 54.7 Å². The molecule has 0 bridgehead atoms. The predicted octanol–water partition coefficient (Wildman–Crippen LogP) is 4.63. The van der Waals surface area contributed by atoms with E-state index in [1.165, 1.54) is 16.7 Å². The third kappa shape index (κ3) is 3.21. The van der Waals surface area contributed by atoms with Gasteiger partial charge in [-0.2, -0.15) is 0 Å². The van der Waals surface area contributed by atoms with E-state index in [0.717, 1.165) is 21.8 Å². The second-order valence-electron chi connectivity index (χ2n) is 5.92. The van der Waals surface area contributed by atoms with Crippen LogP contribution < -0.4 is 10.1 Å². The van der Waals surface area contributed by atoms with Crippen LogP contribution in [0.2, 0.25) is 0 Å². The van der Waals surface area contributed by atoms with Gasteiger partial charge in [0.15, 0.2) is 0 Å². The maximum absolute atomic E-state index is 12.5. The molecule has 0 saturated heterocycles. The Hall–Kier alpha value is -3.05. The number of benzene rings is 2. The van der Waals surface area contributed by atoms with Crippen molar-refractivity contribution in [2.24, 2.45) is 0 Å². The molecule has 0 aliphatic rings. The van der Waals surface area contributed by atoms with Crippen molar-refractivity contribution in [2.75, 3.05) is 7.11 Å². The molecule has 0 radical (unpaired) electrons. The minimum absolute atomic E-state index is 0.0690. The van der Waals surface area contributed by atoms with Gasteiger partial charge >= 0.3 is 0 Å². The molecule has 0 spiro atoms. The molecular weight excluding hydrogens is 344 g/mol. The molecule has 2 aromatic carbocycles. The van der Waals surface area contributed by atoms with E-state index in [2.05, 4.69) is 28.1 Å². The van der Waals surface area contributed by atoms with Crippen LogP contribution in [0.4, 0.5) is 0 Å². The van der Waals surface area contributed by atoms with Gasteiger partial charge in [0, 0.05) is 12.7 Å². The first kappa shape index (κ1) is 16.4. The van der Waals surface area contributed by atoms with Crippen molar-refractivity contribution in [2.45, 2.75) is 6.54 Å². The molecule has 4 nitrogen and oxygen atoms in total. The molecule has 0 aliphatic carbocycles. The fourth-order valence-corrected chi connectivity index (χ4v) is 3.83. The average Bonchev–Trinajstić information content (AvgIpc) is 3.33. The number of amides is 1. The van der Waals surface area contributed by atoms with Crippen molar-refractivity contribution in [1.82, 2.24) is 9.88 Å². The van der Waals surface area contributed by atoms with Crippen LogP contribution in [0.5, 0.6) is 5.75 Å². The minimum atomic E-state index is -0.0690. The van der Waals surface area contributed by atoms with Gasteiger partial charge in [-0.15, -0.1) is 11.3 Å². The van der Waals surface area contributed by atoms with Crippen molar-refractivity contribution in [1.29, 1.82) is 0 Å². The highest BCUT2D eigenvalue weighted by atomic mass is 32.1. The van der Waals surface area contributed by atoms with E-state index in [9.17, 15) is 4.79 Å². The summed E-state index contributed by atoms with van der Waals surface area (Å²) in [4.78, 5) is 13.2. The van der Waals surface area contributed by atoms with E-state index in [-0.39, 0.29) is 5.91 Å². The fraction of sp³-hybridized carbons (Fsp3) is 0.0952. The quantitative estimate of drug-likeness (QED) is 0.562. The summed E-state index contributed by atoms with van der Waals surface area (Å²) >= 11 is 1.48. The highest BCUT2D eigenvalue weighted by Crippen LogP contribution is 2.26. The summed E-state index contributed by atoms with van der Waals surface area (Å²) in [6.45, 7) is 0.468. The number of nitrogens with zero attached hydrogens (tertiary/aromatic N) is 1. The highest BCUT2D eigenvalue weighted by molar-refractivity contribution is 7.16. The third-order valence-corrected chi connectivity index (χ3v) is 5.32. The van der Waals surface area contributed by atoms with Crippen molar-refractivity contribution >= 4 is 28.1 Å². The summed E-state index contributed by atoms with van der Waals surface area (Å²) in [6.07, 6.45) is 2.04. The largest absolute Gasteiger partial charge is 0.497 e. The first-order valence-electron chi connectivity index (χ1n) is 8.32. The molecule has 4 aromatic rings. The Morgan fingerprint density at radius 2 is 1.96 bits per heavy atom. The normalized spacial score (nSPS) is 10.8. The second-order valence-corrected chi connectivity index (χ2v) is 6.98. The summed E-state index contributed by atoms with van der Waals surface area (Å²) in [6, 6.07) is 21.8. The van der Waals surface area contributed by atoms with Crippen LogP contribution in [0.15, 0.2) is 72.9 Å². The van der Waals surface area contributed by atoms with Gasteiger partial charge in [-0.3, -0.25) is 4.79 Å². The smallest absolute Gasteiger partial charge is 0.261 e. The number of carbonyl (C=O) groups is 1. The molecular formula is C21H18N2O2S. The molecule has 0 saturated carbocycles. The lowest BCUT2D eigenvalue weighted by Gasteiger charge is -2.06. The second kappa shape index (κ2) is 7.06. The van der Waals surface area contributed by atoms with Crippen LogP contribution in [0.1, 0.15) is 15.2 Å². The lowest BCUT2D eigenvalue weighted by molar-refractivity contribution is 0.0955. The van der Waals surface area contributed by atoms with E-state index in [0.29, 0.717) is 11.4 Å². The number of rotatable bonds is 5. The van der Waals surface area contributed by atoms with E-state index < -0.39 is 0 Å². The molecule has 2 heterocycles. The maximum Gasteiger partial charge on any atom is 0.261 e. The Morgan fingerprint density at radius 1 is 1.08 bits per heavy atom. The van der Waals surface area contributed by atoms with Gasteiger partial charge < -0.3 is 14.6 Å². The molecule has 5 heteroatoms. The van der Waals surface area contributed by atoms with Crippen LogP contribution in [-0.2, 0) is 6.54 Å². The SMILES string of the molecule is COc1cccc(CNC(=O)c2ccc(-n3ccc4ccccc43)s2)c1. The number of thiophene rings is 1. The first-order chi connectivity index (χ1) is 12.7. The third-order valence-electron chi connectivity index (χ3n) is 4.24. The van der Waals surface area contributed by atoms with E-state index >= 15 is 0 Å². The zero-order valence-corrected chi connectivity index (χ0v) is 15.1. The lowest BCUT2D eigenvalue weighted by Crippen LogP contribution is -2.21. The van der Waals surface area contributed by atoms with Gasteiger partial charge in [0.05, 0.1) is 17.5 Å². The number of carbonyl (C=O) groups excluding carboxylic acids is 1. The maximum atomic E-state index is 12.5. The zero-order valence-electron chi connectivity index (χ0n) is 14.3. The molecule has 0 atom stereocenters. The summed E-state index contributed by atoms with van der Waals surface area (Å²) in [7, 11) is 1.63. The first-order valence-corrected chi connectivity index (χ1v) is 9.14. The monoisotopic (exact) mass is 362 g/mol. The molecule has 1 N–H and O–H groups in total. The van der Waals surface area contributed by atoms with Gasteiger partial charge in [0.1, 0.15) is 10.8 Å². The number of methoxy groups -OCH3 is 1. The van der Waals surface area contributed by atoms with Crippen LogP contribution in [-0.4, -0.2) is 17.6 Å². The minimum Gasteiger partial charge on any atom is -0.497 e. The topological polar surface area (TPSA) is 43.3 Å². The molecule has 0 fully saturated rings. The van der Waals surface area contributed by atoms with Crippen molar-refractivity contribution < 1.29 is 9.53 Å². The number of aromatic nitrogens is 1. The summed E-state index contributed by atoms with van der Waals surface area (Å²) in [5.74, 6) is 0.718. The fourth-order valence-electron chi connectivity index (χ4n) is 2.91. The van der Waals surface area contributed by atoms with E-state index in [1.54, 1.807) is 7.11 Å². The van der Waals surface area contributed by atoms with Gasteiger partial charge in [0.2, 0.25) is 0 Å². The van der Waals surface area contributed by atoms with Crippen LogP contribution in [0.25, 0.3) is 15.9 Å². The van der Waals surface area contributed by atoms with Crippen LogP contribution in [0.3, 0.4) is 0 Å². The summed E-state index contributed by atoms with van der Waals surface area (Å²) < 4.78 is 7.32. The van der Waals surface area contributed by atoms with Crippen molar-refractivity contribution in [3.05, 3.63) is 83.4 Å². The summed E-state index contributed by atoms with van der Waals surface area (Å²) in [5, 5.41) is 5.18. The van der Waals surface area contributed by atoms with E-state index in [4.69, 9.17) is 4.74 Å². The number of nitrogens with one attached hydrogen (secondary N) is 1. The van der Waals surface area contributed by atoms with Gasteiger partial charge in [0.25, 0.3) is 5.91 Å². The molecule has 4 rings (SSSR count). The standard InChI is InChI=1S/C21H18N2O2S/c1-25-17-7-4-5-15(13-17)14-22-21(24)19-9-10-20(26-19)23-12-11-16-6-2-3-8-18(16)23/h2-13H,14H2,1H3,(H,22,24). The number of hydrogen-bond donors (Lipinski definition) is 1. The zero-order chi connectivity index (χ0) is 17.9. The van der Waals surface area contributed by atoms with Crippen molar-refractivity contribution in [3.63, 3.8) is 0 Å². The number of hydrogen-bond acceptors (Lipinski definition) is 3. The Morgan fingerprint density at radius 3 is 2.85 bits per heavy atom. The number of para-hydroxylation sites is 1. The molecule has 130 valence electrons. The number of ether oxygens (including phenoxy) is 1.